The van der Waals surface area contributed by atoms with Crippen molar-refractivity contribution in [2.24, 2.45) is 0 Å². The number of fused-ring (bicyclic) bond motifs is 1. The molecule has 2 heterocycles. The van der Waals surface area contributed by atoms with Crippen molar-refractivity contribution >= 4 is 11.3 Å². The molecule has 1 aliphatic carbocycles. The average Bonchev–Trinajstić information content (AvgIpc) is 2.90. The maximum Gasteiger partial charge on any atom is 0.251 e. The minimum Gasteiger partial charge on any atom is -0.447 e. The van der Waals surface area contributed by atoms with E-state index in [0.29, 0.717) is 0 Å². The second kappa shape index (κ2) is 4.16. The van der Waals surface area contributed by atoms with Crippen LogP contribution in [0.3, 0.4) is 0 Å². The van der Waals surface area contributed by atoms with Gasteiger partial charge in [0.15, 0.2) is 11.5 Å². The Bertz CT molecular complexity index is 482. The van der Waals surface area contributed by atoms with E-state index >= 15 is 0 Å². The molecule has 112 valence electrons. The summed E-state index contributed by atoms with van der Waals surface area (Å²) in [5.41, 5.74) is 0.206. The van der Waals surface area contributed by atoms with Gasteiger partial charge in [0.2, 0.25) is 0 Å². The molecule has 1 fully saturated rings. The molecule has 1 spiro atoms. The molecule has 1 aliphatic heterocycles. The Kier molecular flexibility index (Phi) is 2.96. The second-order valence-corrected chi connectivity index (χ2v) is 9.26. The van der Waals surface area contributed by atoms with Crippen LogP contribution in [-0.2, 0) is 10.8 Å². The molecule has 1 saturated carbocycles. The zero-order valence-corrected chi connectivity index (χ0v) is 14.4. The highest BCUT2D eigenvalue weighted by atomic mass is 32.1. The van der Waals surface area contributed by atoms with E-state index in [9.17, 15) is 0 Å². The molecule has 3 rings (SSSR count). The molecule has 20 heavy (non-hydrogen) atoms. The van der Waals surface area contributed by atoms with Gasteiger partial charge >= 0.3 is 0 Å². The summed E-state index contributed by atoms with van der Waals surface area (Å²) in [4.78, 5) is 2.67. The van der Waals surface area contributed by atoms with Crippen LogP contribution in [0.15, 0.2) is 0 Å². The third-order valence-corrected chi connectivity index (χ3v) is 6.13. The summed E-state index contributed by atoms with van der Waals surface area (Å²) in [7, 11) is 0. The topological polar surface area (TPSA) is 18.5 Å². The van der Waals surface area contributed by atoms with Crippen molar-refractivity contribution in [1.29, 1.82) is 0 Å². The summed E-state index contributed by atoms with van der Waals surface area (Å²) < 4.78 is 12.8. The van der Waals surface area contributed by atoms with Crippen molar-refractivity contribution < 1.29 is 9.47 Å². The van der Waals surface area contributed by atoms with Crippen LogP contribution >= 0.6 is 11.3 Å². The standard InChI is InChI=1S/C17H26O2S/c1-15(2,3)13-11-12(14(20-13)16(4,5)6)19-17(18-11)9-7-8-10-17/h7-10H2,1-6H3. The van der Waals surface area contributed by atoms with E-state index in [-0.39, 0.29) is 16.6 Å². The van der Waals surface area contributed by atoms with Gasteiger partial charge in [-0.2, -0.15) is 0 Å². The molecule has 0 amide bonds. The van der Waals surface area contributed by atoms with E-state index in [2.05, 4.69) is 41.5 Å². The normalized spacial score (nSPS) is 20.9. The lowest BCUT2D eigenvalue weighted by Gasteiger charge is -2.26. The van der Waals surface area contributed by atoms with Gasteiger partial charge in [-0.1, -0.05) is 41.5 Å². The first-order valence-corrected chi connectivity index (χ1v) is 8.50. The van der Waals surface area contributed by atoms with Gasteiger partial charge in [-0.3, -0.25) is 0 Å². The Hall–Kier alpha value is -0.700. The quantitative estimate of drug-likeness (QED) is 0.639. The van der Waals surface area contributed by atoms with E-state index in [1.807, 2.05) is 11.3 Å². The number of hydrogen-bond donors (Lipinski definition) is 0. The first-order valence-electron chi connectivity index (χ1n) is 7.68. The number of thiophene rings is 1. The maximum absolute atomic E-state index is 6.38. The van der Waals surface area contributed by atoms with Gasteiger partial charge in [-0.15, -0.1) is 11.3 Å². The van der Waals surface area contributed by atoms with Crippen LogP contribution in [0.5, 0.6) is 11.5 Å². The highest BCUT2D eigenvalue weighted by Crippen LogP contribution is 2.58. The lowest BCUT2D eigenvalue weighted by atomic mass is 9.92. The summed E-state index contributed by atoms with van der Waals surface area (Å²) in [6.07, 6.45) is 4.48. The SMILES string of the molecule is CC(C)(C)c1sc(C(C)(C)C)c2c1OC1(CCCC1)O2. The molecule has 0 aromatic carbocycles. The molecular weight excluding hydrogens is 268 g/mol. The van der Waals surface area contributed by atoms with E-state index < -0.39 is 0 Å². The highest BCUT2D eigenvalue weighted by Gasteiger charge is 2.49. The Morgan fingerprint density at radius 3 is 1.55 bits per heavy atom. The Labute approximate surface area is 126 Å². The number of rotatable bonds is 0. The zero-order chi connectivity index (χ0) is 14.8. The Morgan fingerprint density at radius 1 is 0.800 bits per heavy atom. The van der Waals surface area contributed by atoms with Gasteiger partial charge in [0.25, 0.3) is 5.79 Å². The minimum atomic E-state index is -0.349. The number of ether oxygens (including phenoxy) is 2. The monoisotopic (exact) mass is 294 g/mol. The summed E-state index contributed by atoms with van der Waals surface area (Å²) in [5, 5.41) is 0. The van der Waals surface area contributed by atoms with Gasteiger partial charge in [0.1, 0.15) is 0 Å². The van der Waals surface area contributed by atoms with Gasteiger partial charge in [-0.25, -0.2) is 0 Å². The van der Waals surface area contributed by atoms with E-state index in [4.69, 9.17) is 9.47 Å². The highest BCUT2D eigenvalue weighted by molar-refractivity contribution is 7.13. The summed E-state index contributed by atoms with van der Waals surface area (Å²) >= 11 is 1.87. The van der Waals surface area contributed by atoms with E-state index in [0.717, 1.165) is 24.3 Å². The molecule has 0 unspecified atom stereocenters. The Balaban J connectivity index is 2.10. The van der Waals surface area contributed by atoms with Crippen LogP contribution in [0.4, 0.5) is 0 Å². The van der Waals surface area contributed by atoms with Crippen molar-refractivity contribution in [2.45, 2.75) is 83.8 Å². The van der Waals surface area contributed by atoms with Crippen LogP contribution in [0, 0.1) is 0 Å². The lowest BCUT2D eigenvalue weighted by molar-refractivity contribution is -0.0727. The van der Waals surface area contributed by atoms with Crippen LogP contribution in [0.1, 0.15) is 77.0 Å². The third kappa shape index (κ3) is 2.14. The number of hydrogen-bond acceptors (Lipinski definition) is 3. The molecule has 2 nitrogen and oxygen atoms in total. The van der Waals surface area contributed by atoms with Crippen LogP contribution in [0.2, 0.25) is 0 Å². The van der Waals surface area contributed by atoms with Crippen molar-refractivity contribution in [3.63, 3.8) is 0 Å². The molecule has 0 bridgehead atoms. The molecular formula is C17H26O2S. The van der Waals surface area contributed by atoms with Gasteiger partial charge in [0.05, 0.1) is 9.75 Å². The molecule has 3 heteroatoms. The predicted molar refractivity (Wildman–Crippen MR) is 84.2 cm³/mol. The molecule has 1 aromatic heterocycles. The third-order valence-electron chi connectivity index (χ3n) is 4.13. The van der Waals surface area contributed by atoms with Crippen molar-refractivity contribution in [2.75, 3.05) is 0 Å². The predicted octanol–water partition coefficient (Wildman–Crippen LogP) is 5.38. The van der Waals surface area contributed by atoms with Crippen LogP contribution < -0.4 is 9.47 Å². The van der Waals surface area contributed by atoms with Crippen LogP contribution in [-0.4, -0.2) is 5.79 Å². The molecule has 0 saturated heterocycles. The first kappa shape index (κ1) is 14.2. The zero-order valence-electron chi connectivity index (χ0n) is 13.6. The summed E-state index contributed by atoms with van der Waals surface area (Å²) in [5.74, 6) is 1.72. The molecule has 2 aliphatic rings. The lowest BCUT2D eigenvalue weighted by Crippen LogP contribution is -2.35. The van der Waals surface area contributed by atoms with E-state index in [1.54, 1.807) is 0 Å². The Morgan fingerprint density at radius 2 is 1.20 bits per heavy atom. The fraction of sp³-hybridized carbons (Fsp3) is 0.765. The fourth-order valence-electron chi connectivity index (χ4n) is 3.08. The summed E-state index contributed by atoms with van der Waals surface area (Å²) in [6.45, 7) is 13.6. The molecule has 0 N–H and O–H groups in total. The van der Waals surface area contributed by atoms with Gasteiger partial charge < -0.3 is 9.47 Å². The van der Waals surface area contributed by atoms with E-state index in [1.165, 1.54) is 22.6 Å². The van der Waals surface area contributed by atoms with Crippen molar-refractivity contribution in [3.8, 4) is 11.5 Å². The largest absolute Gasteiger partial charge is 0.447 e. The minimum absolute atomic E-state index is 0.103. The smallest absolute Gasteiger partial charge is 0.251 e. The first-order chi connectivity index (χ1) is 9.12. The van der Waals surface area contributed by atoms with Crippen molar-refractivity contribution in [1.82, 2.24) is 0 Å². The van der Waals surface area contributed by atoms with Crippen molar-refractivity contribution in [3.05, 3.63) is 9.75 Å². The molecule has 0 radical (unpaired) electrons. The maximum atomic E-state index is 6.38. The van der Waals surface area contributed by atoms with Gasteiger partial charge in [-0.05, 0) is 12.8 Å². The van der Waals surface area contributed by atoms with Gasteiger partial charge in [0, 0.05) is 23.7 Å². The summed E-state index contributed by atoms with van der Waals surface area (Å²) in [6, 6.07) is 0. The van der Waals surface area contributed by atoms with Crippen LogP contribution in [0.25, 0.3) is 0 Å². The average molecular weight is 294 g/mol. The molecule has 1 aromatic rings. The fourth-order valence-corrected chi connectivity index (χ4v) is 4.36. The second-order valence-electron chi connectivity index (χ2n) is 8.24. The molecule has 0 atom stereocenters.